The predicted molar refractivity (Wildman–Crippen MR) is 130 cm³/mol. The zero-order valence-electron chi connectivity index (χ0n) is 21.4. The Morgan fingerprint density at radius 2 is 1.49 bits per heavy atom. The summed E-state index contributed by atoms with van der Waals surface area (Å²) in [5.41, 5.74) is -1.82. The van der Waals surface area contributed by atoms with E-state index in [-0.39, 0.29) is 34.8 Å². The summed E-state index contributed by atoms with van der Waals surface area (Å²) in [6.07, 6.45) is -5.60. The average Bonchev–Trinajstić information content (AvgIpc) is 3.25. The first-order chi connectivity index (χ1) is 19.1. The molecule has 1 fully saturated rings. The van der Waals surface area contributed by atoms with Crippen LogP contribution in [0, 0.1) is 5.82 Å². The third kappa shape index (κ3) is 7.72. The molecule has 0 radical (unpaired) electrons. The van der Waals surface area contributed by atoms with E-state index in [1.807, 2.05) is 19.2 Å². The van der Waals surface area contributed by atoms with Crippen LogP contribution in [0.1, 0.15) is 43.8 Å². The molecule has 1 N–H and O–H groups in total. The minimum absolute atomic E-state index is 0.0139. The van der Waals surface area contributed by atoms with E-state index < -0.39 is 51.8 Å². The highest BCUT2D eigenvalue weighted by atomic mass is 32.2. The summed E-state index contributed by atoms with van der Waals surface area (Å²) in [6, 6.07) is 5.03. The van der Waals surface area contributed by atoms with E-state index in [0.717, 1.165) is 25.2 Å². The molecule has 17 heteroatoms. The molecule has 2 aromatic heterocycles. The highest BCUT2D eigenvalue weighted by molar-refractivity contribution is 7.89. The summed E-state index contributed by atoms with van der Waals surface area (Å²) < 4.78 is 115. The first kappa shape index (κ1) is 31.8. The fraction of sp³-hybridized carbons (Fsp3) is 0.375. The van der Waals surface area contributed by atoms with Crippen LogP contribution in [0.5, 0.6) is 0 Å². The van der Waals surface area contributed by atoms with E-state index in [1.54, 1.807) is 0 Å². The Hall–Kier alpha value is -3.73. The second-order valence-electron chi connectivity index (χ2n) is 8.91. The van der Waals surface area contributed by atoms with E-state index in [1.165, 1.54) is 28.6 Å². The first-order valence-electron chi connectivity index (χ1n) is 11.8. The van der Waals surface area contributed by atoms with Gasteiger partial charge in [-0.3, -0.25) is 4.79 Å². The molecule has 1 aliphatic rings. The lowest BCUT2D eigenvalue weighted by Crippen LogP contribution is -2.38. The molecule has 3 aromatic rings. The number of hydrogen-bond donors (Lipinski definition) is 1. The fourth-order valence-corrected chi connectivity index (χ4v) is 5.91. The SMILES string of the molecule is C[C@@H]1CC[C@H](C)N1S(=O)(=O)c1ccc(F)cc1.O=CNCc1nc(-c2cnc(C(F)(F)F)nc2)ncc1C(F)(F)F. The topological polar surface area (TPSA) is 118 Å². The number of nitrogens with one attached hydrogen (secondary N) is 1. The third-order valence-corrected chi connectivity index (χ3v) is 8.09. The Bertz CT molecular complexity index is 1440. The Balaban J connectivity index is 0.000000239. The maximum absolute atomic E-state index is 12.8. The van der Waals surface area contributed by atoms with Crippen LogP contribution in [0.15, 0.2) is 47.8 Å². The number of alkyl halides is 6. The maximum atomic E-state index is 12.8. The number of hydrogen-bond acceptors (Lipinski definition) is 7. The van der Waals surface area contributed by atoms with Gasteiger partial charge in [-0.1, -0.05) is 0 Å². The van der Waals surface area contributed by atoms with Crippen LogP contribution in [0.4, 0.5) is 30.7 Å². The first-order valence-corrected chi connectivity index (χ1v) is 13.3. The van der Waals surface area contributed by atoms with Gasteiger partial charge in [0, 0.05) is 30.7 Å². The molecule has 3 heterocycles. The molecule has 4 rings (SSSR count). The molecule has 1 amide bonds. The van der Waals surface area contributed by atoms with E-state index >= 15 is 0 Å². The van der Waals surface area contributed by atoms with Crippen molar-refractivity contribution in [1.82, 2.24) is 29.6 Å². The molecular formula is C24H23F7N6O3S. The molecule has 0 unspecified atom stereocenters. The smallest absolute Gasteiger partial charge is 0.353 e. The van der Waals surface area contributed by atoms with E-state index in [4.69, 9.17) is 0 Å². The van der Waals surface area contributed by atoms with Crippen LogP contribution in [0.2, 0.25) is 0 Å². The lowest BCUT2D eigenvalue weighted by molar-refractivity contribution is -0.145. The number of amides is 1. The number of halogens is 7. The lowest BCUT2D eigenvalue weighted by atomic mass is 10.2. The van der Waals surface area contributed by atoms with Crippen molar-refractivity contribution in [3.8, 4) is 11.4 Å². The molecule has 222 valence electrons. The molecule has 1 aliphatic heterocycles. The van der Waals surface area contributed by atoms with Gasteiger partial charge in [0.1, 0.15) is 5.82 Å². The van der Waals surface area contributed by atoms with Gasteiger partial charge in [0.25, 0.3) is 0 Å². The number of nitrogens with zero attached hydrogens (tertiary/aromatic N) is 5. The minimum atomic E-state index is -4.75. The van der Waals surface area contributed by atoms with Crippen LogP contribution < -0.4 is 5.32 Å². The van der Waals surface area contributed by atoms with Gasteiger partial charge in [0.05, 0.1) is 28.3 Å². The Labute approximate surface area is 229 Å². The van der Waals surface area contributed by atoms with Crippen molar-refractivity contribution in [2.45, 2.75) is 62.6 Å². The lowest BCUT2D eigenvalue weighted by Gasteiger charge is -2.25. The standard InChI is InChI=1S/C12H7F6N5O.C12H16FNO2S/c13-11(14,15)7-3-20-9(23-8(7)4-19-5-24)6-1-21-10(22-2-6)12(16,17)18;1-9-3-4-10(2)14(9)17(15,16)12-7-5-11(13)6-8-12/h1-3,5H,4H2,(H,19,24);5-10H,3-4H2,1-2H3/t;9-,10+. The summed E-state index contributed by atoms with van der Waals surface area (Å²) in [6.45, 7) is 3.28. The molecule has 1 aromatic carbocycles. The van der Waals surface area contributed by atoms with Crippen molar-refractivity contribution in [2.75, 3.05) is 0 Å². The van der Waals surface area contributed by atoms with E-state index in [2.05, 4.69) is 19.9 Å². The zero-order valence-corrected chi connectivity index (χ0v) is 22.2. The van der Waals surface area contributed by atoms with Gasteiger partial charge in [-0.25, -0.2) is 32.7 Å². The van der Waals surface area contributed by atoms with Gasteiger partial charge in [-0.05, 0) is 51.0 Å². The molecule has 9 nitrogen and oxygen atoms in total. The van der Waals surface area contributed by atoms with Gasteiger partial charge < -0.3 is 5.32 Å². The quantitative estimate of drug-likeness (QED) is 0.321. The molecule has 0 saturated carbocycles. The van der Waals surface area contributed by atoms with Crippen molar-refractivity contribution in [3.63, 3.8) is 0 Å². The van der Waals surface area contributed by atoms with Crippen LogP contribution in [0.25, 0.3) is 11.4 Å². The Morgan fingerprint density at radius 1 is 0.927 bits per heavy atom. The monoisotopic (exact) mass is 608 g/mol. The van der Waals surface area contributed by atoms with Crippen molar-refractivity contribution >= 4 is 16.4 Å². The minimum Gasteiger partial charge on any atom is -0.353 e. The summed E-state index contributed by atoms with van der Waals surface area (Å²) >= 11 is 0. The third-order valence-electron chi connectivity index (χ3n) is 5.95. The number of rotatable bonds is 6. The summed E-state index contributed by atoms with van der Waals surface area (Å²) in [7, 11) is -3.49. The maximum Gasteiger partial charge on any atom is 0.451 e. The van der Waals surface area contributed by atoms with Crippen molar-refractivity contribution in [3.05, 3.63) is 65.8 Å². The van der Waals surface area contributed by atoms with Gasteiger partial charge in [-0.15, -0.1) is 0 Å². The summed E-state index contributed by atoms with van der Waals surface area (Å²) in [5, 5.41) is 2.03. The van der Waals surface area contributed by atoms with Gasteiger partial charge in [0.15, 0.2) is 5.82 Å². The van der Waals surface area contributed by atoms with E-state index in [0.29, 0.717) is 6.20 Å². The predicted octanol–water partition coefficient (Wildman–Crippen LogP) is 4.60. The molecule has 0 spiro atoms. The number of carbonyl (C=O) groups is 1. The number of aromatic nitrogens is 4. The molecular weight excluding hydrogens is 585 g/mol. The van der Waals surface area contributed by atoms with Crippen LogP contribution in [-0.4, -0.2) is 51.2 Å². The zero-order chi connectivity index (χ0) is 30.6. The average molecular weight is 609 g/mol. The highest BCUT2D eigenvalue weighted by Crippen LogP contribution is 2.33. The fourth-order valence-electron chi connectivity index (χ4n) is 4.03. The van der Waals surface area contributed by atoms with Crippen LogP contribution >= 0.6 is 0 Å². The summed E-state index contributed by atoms with van der Waals surface area (Å²) in [5.74, 6) is -2.13. The largest absolute Gasteiger partial charge is 0.451 e. The van der Waals surface area contributed by atoms with Crippen LogP contribution in [-0.2, 0) is 33.7 Å². The molecule has 0 bridgehead atoms. The molecule has 41 heavy (non-hydrogen) atoms. The van der Waals surface area contributed by atoms with Crippen molar-refractivity contribution in [2.24, 2.45) is 0 Å². The Morgan fingerprint density at radius 3 is 1.98 bits per heavy atom. The molecule has 0 aliphatic carbocycles. The Kier molecular flexibility index (Phi) is 9.63. The number of carbonyl (C=O) groups excluding carboxylic acids is 1. The van der Waals surface area contributed by atoms with Crippen molar-refractivity contribution in [1.29, 1.82) is 0 Å². The molecule has 2 atom stereocenters. The number of benzene rings is 1. The van der Waals surface area contributed by atoms with Gasteiger partial charge in [0.2, 0.25) is 22.3 Å². The van der Waals surface area contributed by atoms with Gasteiger partial charge in [-0.2, -0.15) is 30.6 Å². The highest BCUT2D eigenvalue weighted by Gasteiger charge is 2.38. The van der Waals surface area contributed by atoms with Crippen molar-refractivity contribution < 1.29 is 43.9 Å². The normalized spacial score (nSPS) is 18.0. The van der Waals surface area contributed by atoms with Gasteiger partial charge >= 0.3 is 12.4 Å². The van der Waals surface area contributed by atoms with E-state index in [9.17, 15) is 43.9 Å². The second-order valence-corrected chi connectivity index (χ2v) is 10.8. The molecule has 1 saturated heterocycles. The summed E-state index contributed by atoms with van der Waals surface area (Å²) in [4.78, 5) is 23.7. The second kappa shape index (κ2) is 12.4. The van der Waals surface area contributed by atoms with Crippen LogP contribution in [0.3, 0.4) is 0 Å². The number of sulfonamides is 1.